The third-order valence-electron chi connectivity index (χ3n) is 9.76. The van der Waals surface area contributed by atoms with Crippen LogP contribution in [0.3, 0.4) is 0 Å². The number of hydrogen-bond donors (Lipinski definition) is 1. The zero-order chi connectivity index (χ0) is 30.7. The lowest BCUT2D eigenvalue weighted by Gasteiger charge is -2.54. The summed E-state index contributed by atoms with van der Waals surface area (Å²) in [4.78, 5) is 29.3. The van der Waals surface area contributed by atoms with Gasteiger partial charge in [-0.1, -0.05) is 13.0 Å². The van der Waals surface area contributed by atoms with Crippen molar-refractivity contribution in [2.24, 2.45) is 5.41 Å². The Balaban J connectivity index is 0.000000296. The van der Waals surface area contributed by atoms with Gasteiger partial charge in [-0.3, -0.25) is 14.7 Å². The summed E-state index contributed by atoms with van der Waals surface area (Å²) in [5, 5.41) is 11.8. The standard InChI is InChI=1S/C26H22F2N4O3.C7H12FN/c1-3-15-18(27)5-4-13-8-14(33)9-16(20(13)15)22-21(28)23-17(10-29-22)24(31-25(30-23)35-2)32-11-26(12-32)7-6-19(26)34;8-6-4-7-2-1-3-9(7)5-6/h4-5,8-10,33H,3,6-7,11-12H2,1-2H3;6-7H,1-5H2. The topological polar surface area (TPSA) is 91.7 Å². The van der Waals surface area contributed by atoms with E-state index in [2.05, 4.69) is 19.9 Å². The highest BCUT2D eigenvalue weighted by molar-refractivity contribution is 6.02. The lowest BCUT2D eigenvalue weighted by Crippen LogP contribution is -2.65. The fraction of sp³-hybridized carbons (Fsp3) is 0.455. The van der Waals surface area contributed by atoms with Gasteiger partial charge in [0.2, 0.25) is 0 Å². The van der Waals surface area contributed by atoms with Crippen LogP contribution in [-0.2, 0) is 11.2 Å². The number of halogens is 3. The molecule has 0 radical (unpaired) electrons. The summed E-state index contributed by atoms with van der Waals surface area (Å²) in [6, 6.07) is 6.40. The van der Waals surface area contributed by atoms with Gasteiger partial charge in [0.25, 0.3) is 0 Å². The van der Waals surface area contributed by atoms with E-state index >= 15 is 4.39 Å². The molecule has 1 aliphatic carbocycles. The number of anilines is 1. The van der Waals surface area contributed by atoms with Gasteiger partial charge in [-0.25, -0.2) is 13.2 Å². The number of aryl methyl sites for hydroxylation is 1. The van der Waals surface area contributed by atoms with Crippen molar-refractivity contribution in [2.75, 3.05) is 38.2 Å². The van der Waals surface area contributed by atoms with Gasteiger partial charge >= 0.3 is 6.01 Å². The number of fused-ring (bicyclic) bond motifs is 3. The summed E-state index contributed by atoms with van der Waals surface area (Å²) in [6.45, 7) is 4.70. The molecule has 3 saturated heterocycles. The number of rotatable bonds is 4. The summed E-state index contributed by atoms with van der Waals surface area (Å²) in [6.07, 6.45) is 6.12. The minimum Gasteiger partial charge on any atom is -0.508 e. The van der Waals surface area contributed by atoms with Crippen LogP contribution in [0, 0.1) is 17.0 Å². The number of ketones is 1. The number of Topliss-reactive ketones (excluding diaryl/α,β-unsaturated/α-hetero) is 1. The van der Waals surface area contributed by atoms with Gasteiger partial charge in [0.05, 0.1) is 17.9 Å². The highest BCUT2D eigenvalue weighted by Crippen LogP contribution is 2.48. The molecule has 11 heteroatoms. The molecule has 230 valence electrons. The molecule has 2 atom stereocenters. The maximum atomic E-state index is 16.1. The molecular weight excluding hydrogens is 571 g/mol. The molecule has 8 rings (SSSR count). The minimum atomic E-state index is -0.724. The van der Waals surface area contributed by atoms with Gasteiger partial charge in [-0.05, 0) is 73.2 Å². The number of carbonyl (C=O) groups excluding carboxylic acids is 1. The summed E-state index contributed by atoms with van der Waals surface area (Å²) in [5.41, 5.74) is 0.314. The minimum absolute atomic E-state index is 0.00341. The summed E-state index contributed by atoms with van der Waals surface area (Å²) < 4.78 is 48.6. The van der Waals surface area contributed by atoms with Crippen molar-refractivity contribution >= 4 is 33.3 Å². The molecule has 5 heterocycles. The summed E-state index contributed by atoms with van der Waals surface area (Å²) >= 11 is 0. The molecular formula is C33H34F3N5O3. The second-order valence-electron chi connectivity index (χ2n) is 12.4. The number of hydrogen-bond acceptors (Lipinski definition) is 8. The molecule has 4 aliphatic rings. The Bertz CT molecular complexity index is 1780. The number of phenolic OH excluding ortho intramolecular Hbond substituents is 1. The number of pyridine rings is 1. The smallest absolute Gasteiger partial charge is 0.318 e. The monoisotopic (exact) mass is 605 g/mol. The Hall–Kier alpha value is -3.99. The molecule has 0 amide bonds. The lowest BCUT2D eigenvalue weighted by molar-refractivity contribution is -0.140. The third-order valence-corrected chi connectivity index (χ3v) is 9.76. The average molecular weight is 606 g/mol. The molecule has 3 aliphatic heterocycles. The molecule has 2 aromatic heterocycles. The van der Waals surface area contributed by atoms with Crippen LogP contribution in [0.1, 0.15) is 44.6 Å². The predicted molar refractivity (Wildman–Crippen MR) is 161 cm³/mol. The molecule has 2 aromatic carbocycles. The van der Waals surface area contributed by atoms with Crippen LogP contribution in [-0.4, -0.2) is 76.2 Å². The van der Waals surface area contributed by atoms with E-state index in [1.165, 1.54) is 44.3 Å². The van der Waals surface area contributed by atoms with Crippen molar-refractivity contribution in [3.63, 3.8) is 0 Å². The molecule has 4 aromatic rings. The normalized spacial score (nSPS) is 22.1. The van der Waals surface area contributed by atoms with Crippen LogP contribution < -0.4 is 9.64 Å². The van der Waals surface area contributed by atoms with Crippen molar-refractivity contribution in [3.05, 3.63) is 47.7 Å². The number of methoxy groups -OCH3 is 1. The first kappa shape index (κ1) is 28.8. The molecule has 1 saturated carbocycles. The van der Waals surface area contributed by atoms with Crippen molar-refractivity contribution in [3.8, 4) is 23.0 Å². The molecule has 2 unspecified atom stereocenters. The van der Waals surface area contributed by atoms with Gasteiger partial charge in [-0.15, -0.1) is 0 Å². The number of ether oxygens (including phenoxy) is 1. The van der Waals surface area contributed by atoms with E-state index in [9.17, 15) is 18.7 Å². The average Bonchev–Trinajstić information content (AvgIpc) is 3.57. The SMILES string of the molecule is CCc1c(F)ccc2cc(O)cc(-c3ncc4c(N5CC6(CCC6=O)C5)nc(OC)nc4c3F)c12.FC1CC2CCCN2C1. The Morgan fingerprint density at radius 2 is 2.00 bits per heavy atom. The first-order chi connectivity index (χ1) is 21.2. The number of carbonyl (C=O) groups is 1. The van der Waals surface area contributed by atoms with E-state index in [4.69, 9.17) is 4.74 Å². The van der Waals surface area contributed by atoms with Crippen LogP contribution in [0.2, 0.25) is 0 Å². The van der Waals surface area contributed by atoms with E-state index in [0.717, 1.165) is 19.4 Å². The molecule has 8 nitrogen and oxygen atoms in total. The second-order valence-corrected chi connectivity index (χ2v) is 12.4. The number of alkyl halides is 1. The molecule has 0 bridgehead atoms. The molecule has 4 fully saturated rings. The van der Waals surface area contributed by atoms with E-state index < -0.39 is 17.8 Å². The van der Waals surface area contributed by atoms with Crippen LogP contribution in [0.4, 0.5) is 19.0 Å². The largest absolute Gasteiger partial charge is 0.508 e. The maximum absolute atomic E-state index is 16.1. The van der Waals surface area contributed by atoms with E-state index in [1.54, 1.807) is 6.07 Å². The number of phenols is 1. The van der Waals surface area contributed by atoms with Gasteiger partial charge < -0.3 is 14.7 Å². The zero-order valence-corrected chi connectivity index (χ0v) is 24.7. The predicted octanol–water partition coefficient (Wildman–Crippen LogP) is 5.76. The fourth-order valence-corrected chi connectivity index (χ4v) is 7.35. The maximum Gasteiger partial charge on any atom is 0.318 e. The zero-order valence-electron chi connectivity index (χ0n) is 24.7. The van der Waals surface area contributed by atoms with Crippen LogP contribution in [0.25, 0.3) is 32.9 Å². The van der Waals surface area contributed by atoms with Crippen LogP contribution in [0.5, 0.6) is 11.8 Å². The van der Waals surface area contributed by atoms with Crippen molar-refractivity contribution < 1.29 is 27.8 Å². The third kappa shape index (κ3) is 4.63. The van der Waals surface area contributed by atoms with Crippen molar-refractivity contribution in [1.29, 1.82) is 0 Å². The molecule has 1 N–H and O–H groups in total. The Labute approximate surface area is 252 Å². The van der Waals surface area contributed by atoms with Crippen LogP contribution >= 0.6 is 0 Å². The highest BCUT2D eigenvalue weighted by Gasteiger charge is 2.55. The van der Waals surface area contributed by atoms with Crippen molar-refractivity contribution in [2.45, 2.75) is 57.7 Å². The quantitative estimate of drug-likeness (QED) is 0.314. The highest BCUT2D eigenvalue weighted by atomic mass is 19.1. The molecule has 44 heavy (non-hydrogen) atoms. The first-order valence-electron chi connectivity index (χ1n) is 15.2. The van der Waals surface area contributed by atoms with Crippen molar-refractivity contribution in [1.82, 2.24) is 19.9 Å². The fourth-order valence-electron chi connectivity index (χ4n) is 7.35. The van der Waals surface area contributed by atoms with E-state index in [-0.39, 0.29) is 39.7 Å². The van der Waals surface area contributed by atoms with Gasteiger partial charge in [-0.2, -0.15) is 9.97 Å². The van der Waals surface area contributed by atoms with E-state index in [0.29, 0.717) is 66.1 Å². The second kappa shape index (κ2) is 10.9. The number of nitrogens with zero attached hydrogens (tertiary/aromatic N) is 5. The Kier molecular flexibility index (Phi) is 7.10. The first-order valence-corrected chi connectivity index (χ1v) is 15.2. The Morgan fingerprint density at radius 1 is 1.18 bits per heavy atom. The summed E-state index contributed by atoms with van der Waals surface area (Å²) in [7, 11) is 1.40. The number of aromatic nitrogens is 3. The van der Waals surface area contributed by atoms with Gasteiger partial charge in [0, 0.05) is 43.9 Å². The van der Waals surface area contributed by atoms with Crippen LogP contribution in [0.15, 0.2) is 30.5 Å². The summed E-state index contributed by atoms with van der Waals surface area (Å²) in [5.74, 6) is -0.509. The number of benzene rings is 2. The lowest BCUT2D eigenvalue weighted by atomic mass is 9.62. The molecule has 1 spiro atoms. The van der Waals surface area contributed by atoms with Gasteiger partial charge in [0.1, 0.15) is 40.6 Å². The number of aromatic hydroxyl groups is 1. The van der Waals surface area contributed by atoms with E-state index in [1.807, 2.05) is 11.8 Å². The Morgan fingerprint density at radius 3 is 2.68 bits per heavy atom. The van der Waals surface area contributed by atoms with Gasteiger partial charge in [0.15, 0.2) is 5.82 Å².